The highest BCUT2D eigenvalue weighted by molar-refractivity contribution is 6.04. The summed E-state index contributed by atoms with van der Waals surface area (Å²) < 4.78 is 0. The molecule has 0 saturated carbocycles. The van der Waals surface area contributed by atoms with Gasteiger partial charge in [-0.25, -0.2) is 0 Å². The lowest BCUT2D eigenvalue weighted by Gasteiger charge is -2.02. The number of hydrogen-bond acceptors (Lipinski definition) is 3. The zero-order valence-electron chi connectivity index (χ0n) is 6.19. The Hall–Kier alpha value is -0.930. The Bertz CT molecular complexity index is 227. The summed E-state index contributed by atoms with van der Waals surface area (Å²) in [7, 11) is 0. The first-order valence-corrected chi connectivity index (χ1v) is 3.41. The molecule has 1 aliphatic carbocycles. The molecule has 2 N–H and O–H groups in total. The van der Waals surface area contributed by atoms with Crippen molar-refractivity contribution in [2.45, 2.75) is 19.1 Å². The van der Waals surface area contributed by atoms with E-state index in [4.69, 9.17) is 10.2 Å². The van der Waals surface area contributed by atoms with E-state index in [1.165, 1.54) is 6.08 Å². The summed E-state index contributed by atoms with van der Waals surface area (Å²) in [6.07, 6.45) is 2.32. The maximum absolute atomic E-state index is 11.0. The number of hydrogen-bond donors (Lipinski definition) is 2. The van der Waals surface area contributed by atoms with Crippen LogP contribution >= 0.6 is 0 Å². The van der Waals surface area contributed by atoms with Crippen LogP contribution in [0.1, 0.15) is 6.92 Å². The summed E-state index contributed by atoms with van der Waals surface area (Å²) in [4.78, 5) is 11.0. The molecule has 0 heterocycles. The predicted octanol–water partition coefficient (Wildman–Crippen LogP) is -0.207. The number of ketones is 1. The molecule has 3 heteroatoms. The summed E-state index contributed by atoms with van der Waals surface area (Å²) in [5.74, 6) is -0.407. The number of aliphatic hydroxyl groups is 2. The van der Waals surface area contributed by atoms with E-state index < -0.39 is 18.0 Å². The smallest absolute Gasteiger partial charge is 0.194 e. The van der Waals surface area contributed by atoms with Crippen molar-refractivity contribution in [3.05, 3.63) is 23.8 Å². The fourth-order valence-electron chi connectivity index (χ4n) is 1.00. The van der Waals surface area contributed by atoms with Crippen LogP contribution in [0.3, 0.4) is 0 Å². The van der Waals surface area contributed by atoms with E-state index in [9.17, 15) is 4.79 Å². The Morgan fingerprint density at radius 2 is 2.18 bits per heavy atom. The van der Waals surface area contributed by atoms with Crippen LogP contribution in [0.5, 0.6) is 0 Å². The molecule has 0 aliphatic heterocycles. The van der Waals surface area contributed by atoms with E-state index >= 15 is 0 Å². The lowest BCUT2D eigenvalue weighted by Crippen LogP contribution is -2.26. The van der Waals surface area contributed by atoms with Crippen molar-refractivity contribution in [2.24, 2.45) is 0 Å². The minimum Gasteiger partial charge on any atom is -0.386 e. The quantitative estimate of drug-likeness (QED) is 0.549. The first kappa shape index (κ1) is 8.17. The van der Waals surface area contributed by atoms with Crippen molar-refractivity contribution in [3.63, 3.8) is 0 Å². The third kappa shape index (κ3) is 1.39. The van der Waals surface area contributed by atoms with Gasteiger partial charge in [0, 0.05) is 5.57 Å². The van der Waals surface area contributed by atoms with Gasteiger partial charge in [-0.15, -0.1) is 0 Å². The largest absolute Gasteiger partial charge is 0.386 e. The van der Waals surface area contributed by atoms with Gasteiger partial charge in [0.05, 0.1) is 0 Å². The minimum absolute atomic E-state index is 0.382. The number of allylic oxidation sites excluding steroid dienone is 2. The van der Waals surface area contributed by atoms with Crippen LogP contribution in [-0.4, -0.2) is 28.2 Å². The fraction of sp³-hybridized carbons (Fsp3) is 0.375. The monoisotopic (exact) mass is 154 g/mol. The molecule has 0 amide bonds. The van der Waals surface area contributed by atoms with Crippen molar-refractivity contribution in [1.82, 2.24) is 0 Å². The molecule has 0 fully saturated rings. The summed E-state index contributed by atoms with van der Waals surface area (Å²) in [6, 6.07) is 0. The van der Waals surface area contributed by atoms with E-state index in [0.29, 0.717) is 5.57 Å². The molecular formula is C8H10O3. The summed E-state index contributed by atoms with van der Waals surface area (Å²) in [5.41, 5.74) is 0.382. The Labute approximate surface area is 64.7 Å². The molecule has 11 heavy (non-hydrogen) atoms. The SMILES string of the molecule is C/C=C/C1=C[C@@H](O)[C@@H](O)C1=O. The Balaban J connectivity index is 2.83. The van der Waals surface area contributed by atoms with Crippen molar-refractivity contribution in [3.8, 4) is 0 Å². The molecule has 60 valence electrons. The summed E-state index contributed by atoms with van der Waals surface area (Å²) >= 11 is 0. The van der Waals surface area contributed by atoms with Gasteiger partial charge in [-0.05, 0) is 13.0 Å². The highest BCUT2D eigenvalue weighted by Gasteiger charge is 2.31. The maximum Gasteiger partial charge on any atom is 0.194 e. The molecule has 1 rings (SSSR count). The van der Waals surface area contributed by atoms with E-state index in [-0.39, 0.29) is 0 Å². The number of rotatable bonds is 1. The van der Waals surface area contributed by atoms with Gasteiger partial charge < -0.3 is 10.2 Å². The average molecular weight is 154 g/mol. The van der Waals surface area contributed by atoms with E-state index in [2.05, 4.69) is 0 Å². The zero-order valence-corrected chi connectivity index (χ0v) is 6.19. The van der Waals surface area contributed by atoms with Gasteiger partial charge in [0.25, 0.3) is 0 Å². The van der Waals surface area contributed by atoms with Gasteiger partial charge in [0.1, 0.15) is 12.2 Å². The van der Waals surface area contributed by atoms with Crippen molar-refractivity contribution < 1.29 is 15.0 Å². The van der Waals surface area contributed by atoms with Gasteiger partial charge in [-0.2, -0.15) is 0 Å². The molecule has 0 unspecified atom stereocenters. The highest BCUT2D eigenvalue weighted by atomic mass is 16.3. The van der Waals surface area contributed by atoms with E-state index in [1.54, 1.807) is 19.1 Å². The van der Waals surface area contributed by atoms with Gasteiger partial charge in [-0.3, -0.25) is 4.79 Å². The molecule has 0 aromatic heterocycles. The van der Waals surface area contributed by atoms with Crippen LogP contribution in [0.4, 0.5) is 0 Å². The summed E-state index contributed by atoms with van der Waals surface area (Å²) in [6.45, 7) is 1.77. The average Bonchev–Trinajstić information content (AvgIpc) is 2.19. The number of Topliss-reactive ketones (excluding diaryl/α,β-unsaturated/α-hetero) is 1. The standard InChI is InChI=1S/C8H10O3/c1-2-3-5-4-6(9)8(11)7(5)10/h2-4,6,8-9,11H,1H3/b3-2+/t6-,8-/m1/s1. The van der Waals surface area contributed by atoms with Crippen LogP contribution in [0.15, 0.2) is 23.8 Å². The molecule has 0 aromatic carbocycles. The molecule has 1 aliphatic rings. The highest BCUT2D eigenvalue weighted by Crippen LogP contribution is 2.16. The van der Waals surface area contributed by atoms with Crippen molar-refractivity contribution >= 4 is 5.78 Å². The number of carbonyl (C=O) groups excluding carboxylic acids is 1. The Kier molecular flexibility index (Phi) is 2.22. The molecule has 3 nitrogen and oxygen atoms in total. The lowest BCUT2D eigenvalue weighted by molar-refractivity contribution is -0.125. The Morgan fingerprint density at radius 1 is 1.55 bits per heavy atom. The molecule has 0 spiro atoms. The van der Waals surface area contributed by atoms with Crippen LogP contribution in [0.25, 0.3) is 0 Å². The molecule has 2 atom stereocenters. The number of carbonyl (C=O) groups is 1. The first-order valence-electron chi connectivity index (χ1n) is 3.41. The predicted molar refractivity (Wildman–Crippen MR) is 39.9 cm³/mol. The molecule has 0 saturated heterocycles. The lowest BCUT2D eigenvalue weighted by atomic mass is 10.2. The van der Waals surface area contributed by atoms with E-state index in [1.807, 2.05) is 0 Å². The second kappa shape index (κ2) is 2.98. The van der Waals surface area contributed by atoms with E-state index in [0.717, 1.165) is 0 Å². The van der Waals surface area contributed by atoms with Gasteiger partial charge >= 0.3 is 0 Å². The molecular weight excluding hydrogens is 144 g/mol. The van der Waals surface area contributed by atoms with Crippen LogP contribution in [0.2, 0.25) is 0 Å². The first-order chi connectivity index (χ1) is 5.16. The maximum atomic E-state index is 11.0. The van der Waals surface area contributed by atoms with Crippen LogP contribution < -0.4 is 0 Å². The van der Waals surface area contributed by atoms with Crippen molar-refractivity contribution in [2.75, 3.05) is 0 Å². The van der Waals surface area contributed by atoms with Crippen LogP contribution in [-0.2, 0) is 4.79 Å². The number of aliphatic hydroxyl groups excluding tert-OH is 2. The summed E-state index contributed by atoms with van der Waals surface area (Å²) in [5, 5.41) is 18.0. The molecule has 0 radical (unpaired) electrons. The van der Waals surface area contributed by atoms with Crippen LogP contribution in [0, 0.1) is 0 Å². The van der Waals surface area contributed by atoms with Gasteiger partial charge in [0.2, 0.25) is 0 Å². The third-order valence-corrected chi connectivity index (χ3v) is 1.57. The Morgan fingerprint density at radius 3 is 2.55 bits per heavy atom. The van der Waals surface area contributed by atoms with Crippen molar-refractivity contribution in [1.29, 1.82) is 0 Å². The normalized spacial score (nSPS) is 31.5. The zero-order chi connectivity index (χ0) is 8.43. The van der Waals surface area contributed by atoms with Gasteiger partial charge in [0.15, 0.2) is 5.78 Å². The molecule has 0 aromatic rings. The molecule has 0 bridgehead atoms. The second-order valence-electron chi connectivity index (χ2n) is 2.42. The minimum atomic E-state index is -1.26. The fourth-order valence-corrected chi connectivity index (χ4v) is 1.00. The second-order valence-corrected chi connectivity index (χ2v) is 2.42. The third-order valence-electron chi connectivity index (χ3n) is 1.57. The topological polar surface area (TPSA) is 57.5 Å². The van der Waals surface area contributed by atoms with Gasteiger partial charge in [-0.1, -0.05) is 12.2 Å².